The van der Waals surface area contributed by atoms with Crippen molar-refractivity contribution in [2.24, 2.45) is 5.73 Å². The summed E-state index contributed by atoms with van der Waals surface area (Å²) in [5.74, 6) is -0.308. The van der Waals surface area contributed by atoms with Crippen molar-refractivity contribution in [3.8, 4) is 11.1 Å². The topological polar surface area (TPSA) is 90.2 Å². The van der Waals surface area contributed by atoms with Gasteiger partial charge in [-0.15, -0.1) is 0 Å². The minimum absolute atomic E-state index is 0.0172. The molecule has 3 heterocycles. The number of nitrogens with one attached hydrogen (secondary N) is 1. The van der Waals surface area contributed by atoms with E-state index in [-0.39, 0.29) is 16.5 Å². The summed E-state index contributed by atoms with van der Waals surface area (Å²) in [5, 5.41) is 4.98. The van der Waals surface area contributed by atoms with E-state index in [0.717, 1.165) is 16.8 Å². The van der Waals surface area contributed by atoms with Crippen molar-refractivity contribution in [1.29, 1.82) is 0 Å². The molecule has 0 spiro atoms. The molecule has 4 rings (SSSR count). The number of rotatable bonds is 3. The summed E-state index contributed by atoms with van der Waals surface area (Å²) < 4.78 is 16.1. The van der Waals surface area contributed by atoms with Crippen LogP contribution in [-0.2, 0) is 6.42 Å². The van der Waals surface area contributed by atoms with Gasteiger partial charge >= 0.3 is 0 Å². The van der Waals surface area contributed by atoms with Crippen LogP contribution in [0.5, 0.6) is 0 Å². The highest BCUT2D eigenvalue weighted by atomic mass is 32.1. The van der Waals surface area contributed by atoms with Crippen molar-refractivity contribution in [2.75, 3.05) is 5.43 Å². The number of hydrogen-bond donors (Lipinski definition) is 2. The van der Waals surface area contributed by atoms with E-state index < -0.39 is 0 Å². The van der Waals surface area contributed by atoms with Crippen LogP contribution in [-0.4, -0.2) is 24.4 Å². The summed E-state index contributed by atoms with van der Waals surface area (Å²) in [6, 6.07) is 7.93. The fraction of sp³-hybridized carbons (Fsp3) is 0.111. The van der Waals surface area contributed by atoms with E-state index >= 15 is 0 Å². The molecule has 0 saturated carbocycles. The number of hydrogen-bond acceptors (Lipinski definition) is 4. The Kier molecular flexibility index (Phi) is 4.08. The maximum absolute atomic E-state index is 13.3. The van der Waals surface area contributed by atoms with Gasteiger partial charge in [0.25, 0.3) is 5.56 Å². The van der Waals surface area contributed by atoms with Gasteiger partial charge in [-0.05, 0) is 42.4 Å². The van der Waals surface area contributed by atoms with Gasteiger partial charge in [0.15, 0.2) is 10.8 Å². The van der Waals surface area contributed by atoms with Crippen LogP contribution in [0, 0.1) is 5.82 Å². The smallest absolute Gasteiger partial charge is 0.280 e. The van der Waals surface area contributed by atoms with Gasteiger partial charge in [0.1, 0.15) is 5.82 Å². The quantitative estimate of drug-likeness (QED) is 0.528. The van der Waals surface area contributed by atoms with Gasteiger partial charge in [-0.1, -0.05) is 19.1 Å². The molecule has 0 fully saturated rings. The highest BCUT2D eigenvalue weighted by Gasteiger charge is 2.17. The third kappa shape index (κ3) is 2.81. The van der Waals surface area contributed by atoms with Crippen LogP contribution in [0.25, 0.3) is 27.7 Å². The maximum atomic E-state index is 13.3. The van der Waals surface area contributed by atoms with Crippen LogP contribution in [0.1, 0.15) is 12.6 Å². The monoisotopic (exact) mass is 382 g/mol. The van der Waals surface area contributed by atoms with Crippen LogP contribution >= 0.6 is 12.2 Å². The minimum atomic E-state index is -0.341. The van der Waals surface area contributed by atoms with Crippen molar-refractivity contribution >= 4 is 33.9 Å². The fourth-order valence-electron chi connectivity index (χ4n) is 3.08. The third-order valence-corrected chi connectivity index (χ3v) is 4.37. The third-order valence-electron chi connectivity index (χ3n) is 4.28. The average molecular weight is 382 g/mol. The van der Waals surface area contributed by atoms with E-state index in [1.54, 1.807) is 22.7 Å². The van der Waals surface area contributed by atoms with E-state index in [1.165, 1.54) is 29.2 Å². The Bertz CT molecular complexity index is 1240. The number of pyridine rings is 1. The Morgan fingerprint density at radius 1 is 1.30 bits per heavy atom. The zero-order valence-corrected chi connectivity index (χ0v) is 15.1. The summed E-state index contributed by atoms with van der Waals surface area (Å²) in [7, 11) is 0. The standard InChI is InChI=1S/C18H15FN6OS/c1-2-13-15(10-3-5-11(19)6-4-10)16-21-9-12-14(25(16)22-13)7-8-24(17(12)26)23-18(20)27/h3-9H,2H2,1H3,(H3,20,23,27). The number of fused-ring (bicyclic) bond motifs is 3. The second-order valence-electron chi connectivity index (χ2n) is 5.94. The lowest BCUT2D eigenvalue weighted by atomic mass is 10.0. The lowest BCUT2D eigenvalue weighted by Crippen LogP contribution is -2.35. The molecule has 9 heteroatoms. The molecule has 3 aromatic heterocycles. The van der Waals surface area contributed by atoms with Gasteiger partial charge in [0.2, 0.25) is 0 Å². The van der Waals surface area contributed by atoms with E-state index in [9.17, 15) is 9.18 Å². The summed E-state index contributed by atoms with van der Waals surface area (Å²) in [4.78, 5) is 17.1. The molecule has 0 atom stereocenters. The Morgan fingerprint density at radius 2 is 2.04 bits per heavy atom. The predicted octanol–water partition coefficient (Wildman–Crippen LogP) is 2.20. The number of aryl methyl sites for hydroxylation is 1. The maximum Gasteiger partial charge on any atom is 0.280 e. The van der Waals surface area contributed by atoms with Crippen LogP contribution < -0.4 is 16.7 Å². The van der Waals surface area contributed by atoms with Crippen molar-refractivity contribution in [3.63, 3.8) is 0 Å². The van der Waals surface area contributed by atoms with Crippen molar-refractivity contribution in [3.05, 3.63) is 64.6 Å². The average Bonchev–Trinajstić information content (AvgIpc) is 3.03. The van der Waals surface area contributed by atoms with Gasteiger partial charge in [-0.2, -0.15) is 5.10 Å². The number of halogens is 1. The molecule has 0 aliphatic carbocycles. The van der Waals surface area contributed by atoms with Gasteiger partial charge in [-0.3, -0.25) is 10.2 Å². The molecule has 0 amide bonds. The van der Waals surface area contributed by atoms with E-state index in [2.05, 4.69) is 15.5 Å². The van der Waals surface area contributed by atoms with Crippen molar-refractivity contribution < 1.29 is 4.39 Å². The number of benzene rings is 1. The van der Waals surface area contributed by atoms with Crippen LogP contribution in [0.3, 0.4) is 0 Å². The molecule has 0 radical (unpaired) electrons. The first-order chi connectivity index (χ1) is 13.0. The summed E-state index contributed by atoms with van der Waals surface area (Å²) in [6.07, 6.45) is 3.70. The van der Waals surface area contributed by atoms with E-state index in [4.69, 9.17) is 18.0 Å². The molecular formula is C18H15FN6OS. The number of aromatic nitrogens is 4. The second kappa shape index (κ2) is 6.44. The molecule has 27 heavy (non-hydrogen) atoms. The number of nitrogens with zero attached hydrogens (tertiary/aromatic N) is 4. The highest BCUT2D eigenvalue weighted by molar-refractivity contribution is 7.80. The zero-order chi connectivity index (χ0) is 19.1. The molecule has 3 N–H and O–H groups in total. The predicted molar refractivity (Wildman–Crippen MR) is 106 cm³/mol. The Balaban J connectivity index is 2.01. The van der Waals surface area contributed by atoms with Crippen molar-refractivity contribution in [2.45, 2.75) is 13.3 Å². The van der Waals surface area contributed by atoms with E-state index in [1.807, 2.05) is 6.92 Å². The molecule has 4 aromatic rings. The molecule has 0 saturated heterocycles. The number of nitrogens with two attached hydrogens (primary N) is 1. The summed E-state index contributed by atoms with van der Waals surface area (Å²) in [6.45, 7) is 1.98. The molecular weight excluding hydrogens is 367 g/mol. The SMILES string of the molecule is CCc1nn2c(ncc3c(=O)n(NC(N)=S)ccc32)c1-c1ccc(F)cc1. The lowest BCUT2D eigenvalue weighted by Gasteiger charge is -2.08. The van der Waals surface area contributed by atoms with Gasteiger partial charge in [-0.25, -0.2) is 18.6 Å². The first-order valence-corrected chi connectivity index (χ1v) is 8.64. The summed E-state index contributed by atoms with van der Waals surface area (Å²) in [5.41, 5.74) is 11.4. The molecule has 0 aliphatic rings. The first kappa shape index (κ1) is 17.1. The first-order valence-electron chi connectivity index (χ1n) is 8.24. The van der Waals surface area contributed by atoms with Crippen LogP contribution in [0.2, 0.25) is 0 Å². The van der Waals surface area contributed by atoms with Crippen LogP contribution in [0.4, 0.5) is 4.39 Å². The fourth-order valence-corrected chi connectivity index (χ4v) is 3.18. The molecule has 1 aromatic carbocycles. The van der Waals surface area contributed by atoms with Gasteiger partial charge in [0, 0.05) is 18.0 Å². The normalized spacial score (nSPS) is 11.2. The zero-order valence-electron chi connectivity index (χ0n) is 14.3. The Hall–Kier alpha value is -3.33. The number of thiocarbonyl (C=S) groups is 1. The van der Waals surface area contributed by atoms with Gasteiger partial charge in [0.05, 0.1) is 16.6 Å². The molecule has 0 bridgehead atoms. The lowest BCUT2D eigenvalue weighted by molar-refractivity contribution is 0.628. The summed E-state index contributed by atoms with van der Waals surface area (Å²) >= 11 is 4.78. The second-order valence-corrected chi connectivity index (χ2v) is 6.38. The van der Waals surface area contributed by atoms with Gasteiger partial charge < -0.3 is 5.73 Å². The van der Waals surface area contributed by atoms with Crippen LogP contribution in [0.15, 0.2) is 47.5 Å². The van der Waals surface area contributed by atoms with Crippen molar-refractivity contribution in [1.82, 2.24) is 19.3 Å². The largest absolute Gasteiger partial charge is 0.375 e. The molecule has 136 valence electrons. The van der Waals surface area contributed by atoms with E-state index in [0.29, 0.717) is 23.0 Å². The Labute approximate surface area is 158 Å². The highest BCUT2D eigenvalue weighted by Crippen LogP contribution is 2.29. The Morgan fingerprint density at radius 3 is 2.70 bits per heavy atom. The molecule has 0 unspecified atom stereocenters. The minimum Gasteiger partial charge on any atom is -0.375 e. The molecule has 7 nitrogen and oxygen atoms in total. The molecule has 0 aliphatic heterocycles.